The number of benzene rings is 2. The average molecular weight is 291 g/mol. The maximum atomic E-state index is 11.6. The van der Waals surface area contributed by atoms with E-state index in [0.29, 0.717) is 5.52 Å². The first-order valence-electron chi connectivity index (χ1n) is 6.93. The van der Waals surface area contributed by atoms with Gasteiger partial charge in [0, 0.05) is 28.7 Å². The summed E-state index contributed by atoms with van der Waals surface area (Å²) in [7, 11) is 0. The molecule has 108 valence electrons. The summed E-state index contributed by atoms with van der Waals surface area (Å²) in [5, 5.41) is 14.6. The molecule has 0 bridgehead atoms. The van der Waals surface area contributed by atoms with Crippen LogP contribution in [0.15, 0.2) is 53.5 Å². The van der Waals surface area contributed by atoms with Crippen LogP contribution >= 0.6 is 0 Å². The van der Waals surface area contributed by atoms with Gasteiger partial charge in [0.1, 0.15) is 5.75 Å². The molecule has 0 atom stereocenters. The summed E-state index contributed by atoms with van der Waals surface area (Å²) in [5.41, 5.74) is 3.36. The normalized spacial score (nSPS) is 11.3. The van der Waals surface area contributed by atoms with Crippen molar-refractivity contribution in [3.63, 3.8) is 0 Å². The Morgan fingerprint density at radius 1 is 1.09 bits per heavy atom. The molecule has 2 aromatic heterocycles. The summed E-state index contributed by atoms with van der Waals surface area (Å²) in [6, 6.07) is 11.8. The van der Waals surface area contributed by atoms with Crippen LogP contribution in [0.25, 0.3) is 27.5 Å². The molecule has 5 nitrogen and oxygen atoms in total. The van der Waals surface area contributed by atoms with E-state index in [9.17, 15) is 9.90 Å². The predicted molar refractivity (Wildman–Crippen MR) is 85.6 cm³/mol. The molecule has 2 heterocycles. The van der Waals surface area contributed by atoms with Crippen molar-refractivity contribution in [2.75, 3.05) is 0 Å². The topological polar surface area (TPSA) is 70.9 Å². The molecule has 2 aromatic carbocycles. The van der Waals surface area contributed by atoms with Gasteiger partial charge in [0.05, 0.1) is 16.7 Å². The van der Waals surface area contributed by atoms with Crippen LogP contribution in [0, 0.1) is 6.92 Å². The van der Waals surface area contributed by atoms with Gasteiger partial charge in [-0.05, 0) is 43.3 Å². The maximum Gasteiger partial charge on any atom is 0.180 e. The number of fused-ring (bicyclic) bond motifs is 3. The molecule has 4 rings (SSSR count). The van der Waals surface area contributed by atoms with Gasteiger partial charge < -0.3 is 10.2 Å². The number of phenols is 1. The van der Waals surface area contributed by atoms with Crippen molar-refractivity contribution in [3.05, 3.63) is 64.6 Å². The molecule has 5 heteroatoms. The Kier molecular flexibility index (Phi) is 2.56. The fourth-order valence-electron chi connectivity index (χ4n) is 2.77. The molecule has 0 saturated heterocycles. The molecule has 22 heavy (non-hydrogen) atoms. The number of nitrogens with one attached hydrogen (secondary N) is 1. The van der Waals surface area contributed by atoms with Crippen LogP contribution in [0.3, 0.4) is 0 Å². The summed E-state index contributed by atoms with van der Waals surface area (Å²) < 4.78 is 1.93. The lowest BCUT2D eigenvalue weighted by atomic mass is 10.1. The van der Waals surface area contributed by atoms with Crippen LogP contribution in [0.5, 0.6) is 5.75 Å². The SMILES string of the molecule is Cc1nc2cc(=O)ccc2c2c1c[nH]n2-c1ccc(O)cc1. The van der Waals surface area contributed by atoms with Crippen LogP contribution < -0.4 is 5.43 Å². The zero-order valence-electron chi connectivity index (χ0n) is 11.9. The molecule has 0 aliphatic rings. The first kappa shape index (κ1) is 12.6. The minimum atomic E-state index is -0.0505. The molecule has 0 fully saturated rings. The number of hydrogen-bond acceptors (Lipinski definition) is 3. The van der Waals surface area contributed by atoms with Crippen molar-refractivity contribution in [1.82, 2.24) is 14.8 Å². The fourth-order valence-corrected chi connectivity index (χ4v) is 2.77. The van der Waals surface area contributed by atoms with Gasteiger partial charge in [0.2, 0.25) is 0 Å². The number of nitrogens with zero attached hydrogens (tertiary/aromatic N) is 2. The van der Waals surface area contributed by atoms with E-state index >= 15 is 0 Å². The van der Waals surface area contributed by atoms with Crippen LogP contribution in [-0.4, -0.2) is 19.9 Å². The van der Waals surface area contributed by atoms with Gasteiger partial charge in [0.15, 0.2) is 5.43 Å². The second-order valence-electron chi connectivity index (χ2n) is 5.26. The number of aromatic hydroxyl groups is 1. The van der Waals surface area contributed by atoms with Crippen molar-refractivity contribution in [2.24, 2.45) is 0 Å². The van der Waals surface area contributed by atoms with Gasteiger partial charge in [0.25, 0.3) is 0 Å². The highest BCUT2D eigenvalue weighted by Gasteiger charge is 2.12. The Hall–Kier alpha value is -3.08. The van der Waals surface area contributed by atoms with Crippen LogP contribution in [0.1, 0.15) is 5.69 Å². The lowest BCUT2D eigenvalue weighted by Gasteiger charge is -2.08. The average Bonchev–Trinajstić information content (AvgIpc) is 2.93. The van der Waals surface area contributed by atoms with E-state index in [0.717, 1.165) is 27.7 Å². The van der Waals surface area contributed by atoms with E-state index in [2.05, 4.69) is 10.1 Å². The van der Waals surface area contributed by atoms with E-state index in [1.165, 1.54) is 0 Å². The lowest BCUT2D eigenvalue weighted by molar-refractivity contribution is 0.475. The largest absolute Gasteiger partial charge is 0.508 e. The molecule has 0 saturated carbocycles. The van der Waals surface area contributed by atoms with E-state index < -0.39 is 0 Å². The highest BCUT2D eigenvalue weighted by atomic mass is 16.3. The van der Waals surface area contributed by atoms with Crippen molar-refractivity contribution in [3.8, 4) is 11.4 Å². The summed E-state index contributed by atoms with van der Waals surface area (Å²) in [6.07, 6.45) is 1.90. The van der Waals surface area contributed by atoms with E-state index in [-0.39, 0.29) is 11.2 Å². The van der Waals surface area contributed by atoms with E-state index in [1.54, 1.807) is 30.3 Å². The second kappa shape index (κ2) is 4.46. The Labute approximate surface area is 125 Å². The number of phenolic OH excluding ortho intramolecular Hbond substituents is 1. The molecular formula is C17H13N3O2. The summed E-state index contributed by atoms with van der Waals surface area (Å²) in [6.45, 7) is 1.92. The molecule has 0 amide bonds. The van der Waals surface area contributed by atoms with Crippen LogP contribution in [0.2, 0.25) is 0 Å². The monoisotopic (exact) mass is 291 g/mol. The molecule has 0 aliphatic carbocycles. The van der Waals surface area contributed by atoms with Gasteiger partial charge in [-0.1, -0.05) is 0 Å². The third-order valence-electron chi connectivity index (χ3n) is 3.83. The van der Waals surface area contributed by atoms with Crippen molar-refractivity contribution in [2.45, 2.75) is 6.92 Å². The number of aromatic nitrogens is 3. The van der Waals surface area contributed by atoms with Crippen LogP contribution in [0.4, 0.5) is 0 Å². The minimum Gasteiger partial charge on any atom is -0.508 e. The van der Waals surface area contributed by atoms with Gasteiger partial charge in [-0.3, -0.25) is 14.5 Å². The predicted octanol–water partition coefficient (Wildman–Crippen LogP) is 2.88. The van der Waals surface area contributed by atoms with Gasteiger partial charge >= 0.3 is 0 Å². The molecule has 0 aliphatic heterocycles. The zero-order valence-corrected chi connectivity index (χ0v) is 11.9. The molecule has 2 N–H and O–H groups in total. The molecule has 0 spiro atoms. The molecule has 0 radical (unpaired) electrons. The Balaban J connectivity index is 2.14. The highest BCUT2D eigenvalue weighted by Crippen LogP contribution is 2.27. The third kappa shape index (κ3) is 1.79. The van der Waals surface area contributed by atoms with E-state index in [1.807, 2.05) is 29.9 Å². The number of aryl methyl sites for hydroxylation is 1. The first-order valence-corrected chi connectivity index (χ1v) is 6.93. The lowest BCUT2D eigenvalue weighted by Crippen LogP contribution is -2.00. The number of H-pyrrole nitrogens is 1. The number of aromatic amines is 1. The van der Waals surface area contributed by atoms with Gasteiger partial charge in [-0.15, -0.1) is 0 Å². The van der Waals surface area contributed by atoms with Crippen molar-refractivity contribution >= 4 is 21.8 Å². The maximum absolute atomic E-state index is 11.6. The van der Waals surface area contributed by atoms with E-state index in [4.69, 9.17) is 0 Å². The second-order valence-corrected chi connectivity index (χ2v) is 5.26. The Bertz CT molecular complexity index is 1060. The number of hydrogen-bond donors (Lipinski definition) is 2. The minimum absolute atomic E-state index is 0.0505. The molecular weight excluding hydrogens is 278 g/mol. The molecule has 0 unspecified atom stereocenters. The van der Waals surface area contributed by atoms with Crippen molar-refractivity contribution in [1.29, 1.82) is 0 Å². The Morgan fingerprint density at radius 2 is 1.86 bits per heavy atom. The van der Waals surface area contributed by atoms with Crippen molar-refractivity contribution < 1.29 is 5.11 Å². The van der Waals surface area contributed by atoms with Gasteiger partial charge in [-0.25, -0.2) is 0 Å². The summed E-state index contributed by atoms with van der Waals surface area (Å²) in [5.74, 6) is 0.221. The fraction of sp³-hybridized carbons (Fsp3) is 0.0588. The molecule has 4 aromatic rings. The first-order chi connectivity index (χ1) is 10.6. The van der Waals surface area contributed by atoms with Gasteiger partial charge in [-0.2, -0.15) is 0 Å². The van der Waals surface area contributed by atoms with Crippen LogP contribution in [-0.2, 0) is 0 Å². The smallest absolute Gasteiger partial charge is 0.180 e. The third-order valence-corrected chi connectivity index (χ3v) is 3.83. The quantitative estimate of drug-likeness (QED) is 0.566. The zero-order chi connectivity index (χ0) is 15.3. The number of pyridine rings is 1. The summed E-state index contributed by atoms with van der Waals surface area (Å²) >= 11 is 0. The standard InChI is InChI=1S/C17H13N3O2/c1-10-15-9-18-20(11-2-4-12(21)5-3-11)17(15)14-7-6-13(22)8-16(14)19-10/h2-9,18,21H,1H3. The summed E-state index contributed by atoms with van der Waals surface area (Å²) in [4.78, 5) is 16.1. The Morgan fingerprint density at radius 3 is 2.64 bits per heavy atom. The number of rotatable bonds is 1. The highest BCUT2D eigenvalue weighted by molar-refractivity contribution is 6.05.